The average molecular weight is 1270 g/mol. The molecule has 2 amide bonds. The van der Waals surface area contributed by atoms with Crippen LogP contribution in [-0.4, -0.2) is 114 Å². The van der Waals surface area contributed by atoms with Gasteiger partial charge in [0.15, 0.2) is 11.6 Å². The normalized spacial score (nSPS) is 17.6. The molecule has 0 bridgehead atoms. The van der Waals surface area contributed by atoms with Crippen LogP contribution in [0.2, 0.25) is 5.82 Å². The molecule has 2 atom stereocenters. The number of carbonyl (C=O) groups is 4. The zero-order chi connectivity index (χ0) is 63.4. The number of ether oxygens (including phenoxy) is 2. The first kappa shape index (κ1) is 62.4. The highest BCUT2D eigenvalue weighted by atomic mass is 79.9. The second-order valence-corrected chi connectivity index (χ2v) is 25.7. The molecule has 4 N–H and O–H groups in total. The van der Waals surface area contributed by atoms with Crippen LogP contribution < -0.4 is 26.7 Å². The van der Waals surface area contributed by atoms with Crippen LogP contribution in [0.5, 0.6) is 0 Å². The number of amides is 2. The van der Waals surface area contributed by atoms with Gasteiger partial charge >= 0.3 is 19.1 Å². The van der Waals surface area contributed by atoms with E-state index in [1.807, 2.05) is 58.3 Å². The Bertz CT molecular complexity index is 4080. The fourth-order valence-electron chi connectivity index (χ4n) is 12.4. The minimum Gasteiger partial charge on any atom is -0.465 e. The SMILES string of the molecule is CC(=O)OCC1C(N2CCn3c(cc4c3CC(C)(C)C4)C2=O)=NC=CC1B(O)O.CC(=O)OCc1c(-c2cc(Nc3cc(C)n(C)n3)c(=O)n(C)c2)ccnc1N1CCn2c(cc3c2CC(C)(C)C3)C1=O.Cc1cc(Nc2cc(Br)cn(C)c2=O)nn1C. The highest BCUT2D eigenvalue weighted by Crippen LogP contribution is 2.42. The summed E-state index contributed by atoms with van der Waals surface area (Å²) in [4.78, 5) is 87.6. The second-order valence-electron chi connectivity index (χ2n) is 24.8. The van der Waals surface area contributed by atoms with Crippen molar-refractivity contribution in [3.63, 3.8) is 0 Å². The van der Waals surface area contributed by atoms with Crippen LogP contribution in [0, 0.1) is 30.6 Å². The fourth-order valence-corrected chi connectivity index (χ4v) is 12.9. The maximum Gasteiger partial charge on any atom is 0.459 e. The van der Waals surface area contributed by atoms with Crippen molar-refractivity contribution in [2.75, 3.05) is 35.2 Å². The number of rotatable bonds is 11. The van der Waals surface area contributed by atoms with Crippen LogP contribution in [0.25, 0.3) is 11.1 Å². The number of carbonyl (C=O) groups excluding carboxylic acids is 4. The smallest absolute Gasteiger partial charge is 0.459 e. The molecule has 2 unspecified atom stereocenters. The predicted octanol–water partition coefficient (Wildman–Crippen LogP) is 6.83. The molecule has 462 valence electrons. The third-order valence-electron chi connectivity index (χ3n) is 16.8. The van der Waals surface area contributed by atoms with Gasteiger partial charge in [-0.3, -0.25) is 47.9 Å². The molecule has 7 aromatic heterocycles. The van der Waals surface area contributed by atoms with Crippen molar-refractivity contribution in [3.8, 4) is 11.1 Å². The molecule has 2 aliphatic carbocycles. The number of nitrogens with zero attached hydrogens (tertiary/aromatic N) is 12. The molecule has 3 aliphatic heterocycles. The Labute approximate surface area is 517 Å². The van der Waals surface area contributed by atoms with Crippen LogP contribution in [0.1, 0.15) is 102 Å². The van der Waals surface area contributed by atoms with E-state index in [4.69, 9.17) is 9.47 Å². The molecule has 5 aliphatic rings. The Morgan fingerprint density at radius 3 is 1.75 bits per heavy atom. The first-order valence-electron chi connectivity index (χ1n) is 29.1. The third-order valence-corrected chi connectivity index (χ3v) is 17.2. The number of hydrogen-bond acceptors (Lipinski definition) is 16. The molecule has 26 heteroatoms. The summed E-state index contributed by atoms with van der Waals surface area (Å²) in [5.41, 5.74) is 11.2. The van der Waals surface area contributed by atoms with Gasteiger partial charge in [0, 0.05) is 149 Å². The summed E-state index contributed by atoms with van der Waals surface area (Å²) < 4.78 is 22.2. The van der Waals surface area contributed by atoms with E-state index in [0.717, 1.165) is 41.5 Å². The molecule has 0 saturated carbocycles. The molecule has 88 heavy (non-hydrogen) atoms. The number of nitrogens with one attached hydrogen (secondary N) is 2. The molecule has 0 radical (unpaired) electrons. The van der Waals surface area contributed by atoms with E-state index in [0.29, 0.717) is 88.9 Å². The van der Waals surface area contributed by atoms with Gasteiger partial charge in [-0.1, -0.05) is 33.8 Å². The van der Waals surface area contributed by atoms with E-state index in [1.165, 1.54) is 51.7 Å². The number of pyridine rings is 3. The van der Waals surface area contributed by atoms with Crippen LogP contribution in [0.4, 0.5) is 28.8 Å². The summed E-state index contributed by atoms with van der Waals surface area (Å²) in [7, 11) is 5.44. The molecule has 24 nitrogen and oxygen atoms in total. The average Bonchev–Trinajstić information content (AvgIpc) is 1.60. The molecule has 12 rings (SSSR count). The number of aromatic nitrogens is 9. The van der Waals surface area contributed by atoms with E-state index in [-0.39, 0.29) is 47.0 Å². The lowest BCUT2D eigenvalue weighted by molar-refractivity contribution is -0.142. The number of anilines is 5. The molecule has 0 aromatic carbocycles. The van der Waals surface area contributed by atoms with Gasteiger partial charge in [0.05, 0.1) is 5.92 Å². The zero-order valence-corrected chi connectivity index (χ0v) is 53.2. The number of esters is 2. The van der Waals surface area contributed by atoms with Crippen LogP contribution >= 0.6 is 15.9 Å². The van der Waals surface area contributed by atoms with Crippen molar-refractivity contribution in [1.82, 2.24) is 47.7 Å². The Hall–Kier alpha value is -8.62. The minimum absolute atomic E-state index is 0.0731. The van der Waals surface area contributed by atoms with Gasteiger partial charge in [0.2, 0.25) is 0 Å². The number of halogens is 1. The van der Waals surface area contributed by atoms with Gasteiger partial charge in [-0.25, -0.2) is 9.98 Å². The van der Waals surface area contributed by atoms with Gasteiger partial charge in [-0.2, -0.15) is 10.2 Å². The maximum absolute atomic E-state index is 13.9. The predicted molar refractivity (Wildman–Crippen MR) is 337 cm³/mol. The Morgan fingerprint density at radius 1 is 0.705 bits per heavy atom. The number of hydrogen-bond donors (Lipinski definition) is 4. The number of allylic oxidation sites excluding steroid dienone is 1. The quantitative estimate of drug-likeness (QED) is 0.0763. The molecular weight excluding hydrogens is 1190 g/mol. The van der Waals surface area contributed by atoms with Crippen LogP contribution in [-0.2, 0) is 92.6 Å². The highest BCUT2D eigenvalue weighted by Gasteiger charge is 2.43. The van der Waals surface area contributed by atoms with E-state index >= 15 is 0 Å². The lowest BCUT2D eigenvalue weighted by atomic mass is 9.64. The minimum atomic E-state index is -1.65. The molecule has 10 heterocycles. The number of fused-ring (bicyclic) bond motifs is 6. The summed E-state index contributed by atoms with van der Waals surface area (Å²) in [6.07, 6.45) is 11.9. The second kappa shape index (κ2) is 24.5. The number of aliphatic imine (C=N–C) groups is 1. The van der Waals surface area contributed by atoms with Crippen molar-refractivity contribution in [3.05, 3.63) is 149 Å². The third kappa shape index (κ3) is 12.9. The van der Waals surface area contributed by atoms with Crippen molar-refractivity contribution >= 4 is 81.5 Å². The van der Waals surface area contributed by atoms with Crippen molar-refractivity contribution in [2.45, 2.75) is 107 Å². The van der Waals surface area contributed by atoms with Gasteiger partial charge in [-0.05, 0) is 113 Å². The van der Waals surface area contributed by atoms with Gasteiger partial charge in [0.25, 0.3) is 22.9 Å². The molecule has 7 aromatic rings. The van der Waals surface area contributed by atoms with E-state index < -0.39 is 30.8 Å². The highest BCUT2D eigenvalue weighted by molar-refractivity contribution is 9.10. The number of amidine groups is 1. The standard InChI is InChI=1S/C31H35N7O4.C20H26BN3O5.C11H13BrN4O/c1-18-11-27(34-36(18)6)33-24-12-21(16-35(5)29(24)40)22-7-8-32-28(23(22)17-42-19(2)39)38-10-9-37-25(30(38)41)13-20-14-31(3,4)15-26(20)37;1-12(25)29-11-14-15(21(27)28)4-5-22-18(14)24-7-6-23-16(19(24)26)8-13-9-20(2,3)10-17(13)23;1-7-4-10(14-16(7)3)13-9-5-8(12)6-15(2)11(9)17/h7-8,11-13,16H,9-10,14-15,17H2,1-6H3,(H,33,34);4-5,8,14-15,27-28H,6-7,9-11H2,1-3H3;4-6H,1-3H3,(H,13,14). The molecule has 0 saturated heterocycles. The van der Waals surface area contributed by atoms with Crippen molar-refractivity contribution in [1.29, 1.82) is 0 Å². The topological polar surface area (TPSA) is 272 Å². The lowest BCUT2D eigenvalue weighted by Crippen LogP contribution is -2.50. The van der Waals surface area contributed by atoms with Gasteiger partial charge in [-0.15, -0.1) is 0 Å². The largest absolute Gasteiger partial charge is 0.465 e. The van der Waals surface area contributed by atoms with Crippen LogP contribution in [0.15, 0.2) is 92.4 Å². The van der Waals surface area contributed by atoms with Crippen LogP contribution in [0.3, 0.4) is 0 Å². The van der Waals surface area contributed by atoms with E-state index in [1.54, 1.807) is 70.1 Å². The summed E-state index contributed by atoms with van der Waals surface area (Å²) >= 11 is 3.35. The van der Waals surface area contributed by atoms with E-state index in [9.17, 15) is 38.8 Å². The van der Waals surface area contributed by atoms with E-state index in [2.05, 4.69) is 83.6 Å². The van der Waals surface area contributed by atoms with Crippen molar-refractivity contribution in [2.24, 2.45) is 49.9 Å². The first-order chi connectivity index (χ1) is 41.6. The number of aryl methyl sites for hydroxylation is 6. The van der Waals surface area contributed by atoms with Gasteiger partial charge < -0.3 is 48.4 Å². The van der Waals surface area contributed by atoms with Gasteiger partial charge in [0.1, 0.15) is 47.6 Å². The zero-order valence-electron chi connectivity index (χ0n) is 51.6. The monoisotopic (exact) mass is 1260 g/mol. The Morgan fingerprint density at radius 2 is 1.23 bits per heavy atom. The Balaban J connectivity index is 0.000000160. The molecular formula is C62H74BBrN14O10. The lowest BCUT2D eigenvalue weighted by Gasteiger charge is -2.36. The van der Waals surface area contributed by atoms with Crippen molar-refractivity contribution < 1.29 is 38.7 Å². The summed E-state index contributed by atoms with van der Waals surface area (Å²) in [5.74, 6) is -0.455. The molecule has 0 spiro atoms. The maximum atomic E-state index is 13.9. The molecule has 0 fully saturated rings. The summed E-state index contributed by atoms with van der Waals surface area (Å²) in [5, 5.41) is 34.4. The fraction of sp³-hybridized carbons (Fsp3) is 0.419. The summed E-state index contributed by atoms with van der Waals surface area (Å²) in [6.45, 7) is 17.5. The summed E-state index contributed by atoms with van der Waals surface area (Å²) in [6, 6.07) is 13.1. The first-order valence-corrected chi connectivity index (χ1v) is 29.9. The Kier molecular flexibility index (Phi) is 17.4.